The monoisotopic (exact) mass is 128 g/mol. The molecular weight excluding hydrogens is 115 g/mol. The lowest BCUT2D eigenvalue weighted by atomic mass is 10.4. The lowest BCUT2D eigenvalue weighted by Gasteiger charge is -1.97. The molecule has 0 bridgehead atoms. The molecule has 0 unspecified atom stereocenters. The number of hydrogen-bond donors (Lipinski definition) is 0. The van der Waals surface area contributed by atoms with Crippen LogP contribution in [0.4, 0.5) is 0 Å². The van der Waals surface area contributed by atoms with Gasteiger partial charge in [0, 0.05) is 0 Å². The predicted molar refractivity (Wildman–Crippen MR) is 40.7 cm³/mol. The van der Waals surface area contributed by atoms with Crippen LogP contribution in [0.25, 0.3) is 0 Å². The molecule has 0 nitrogen and oxygen atoms in total. The number of hydrogen-bond acceptors (Lipinski definition) is 0. The van der Waals surface area contributed by atoms with Gasteiger partial charge in [-0.05, 0) is 32.1 Å². The molecule has 1 aliphatic rings. The highest BCUT2D eigenvalue weighted by atomic mass is 31.1. The molecule has 1 rings (SSSR count). The summed E-state index contributed by atoms with van der Waals surface area (Å²) in [7, 11) is 0.374. The second-order valence-electron chi connectivity index (χ2n) is 2.23. The molecule has 0 saturated carbocycles. The predicted octanol–water partition coefficient (Wildman–Crippen LogP) is 2.80. The van der Waals surface area contributed by atoms with Gasteiger partial charge in [0.2, 0.25) is 0 Å². The molecule has 0 aromatic rings. The molecule has 1 heterocycles. The zero-order valence-electron chi connectivity index (χ0n) is 5.43. The minimum absolute atomic E-state index is 0.374. The van der Waals surface area contributed by atoms with Crippen molar-refractivity contribution in [1.29, 1.82) is 0 Å². The summed E-state index contributed by atoms with van der Waals surface area (Å²) in [6, 6.07) is 0. The Hall–Kier alpha value is 0.170. The van der Waals surface area contributed by atoms with Crippen LogP contribution in [-0.2, 0) is 0 Å². The van der Waals surface area contributed by atoms with Crippen molar-refractivity contribution in [2.24, 2.45) is 0 Å². The van der Waals surface area contributed by atoms with E-state index in [4.69, 9.17) is 0 Å². The van der Waals surface area contributed by atoms with Crippen LogP contribution >= 0.6 is 7.92 Å². The first-order chi connectivity index (χ1) is 3.93. The molecule has 8 heavy (non-hydrogen) atoms. The fraction of sp³-hybridized carbons (Fsp3) is 0.714. The van der Waals surface area contributed by atoms with Crippen LogP contribution in [0.3, 0.4) is 0 Å². The third kappa shape index (κ3) is 1.59. The highest BCUT2D eigenvalue weighted by Gasteiger charge is 2.09. The van der Waals surface area contributed by atoms with Crippen molar-refractivity contribution in [2.45, 2.75) is 19.8 Å². The van der Waals surface area contributed by atoms with Crippen molar-refractivity contribution in [3.8, 4) is 0 Å². The summed E-state index contributed by atoms with van der Waals surface area (Å²) in [5, 5.41) is 0. The molecule has 1 fully saturated rings. The molecule has 0 amide bonds. The summed E-state index contributed by atoms with van der Waals surface area (Å²) in [4.78, 5) is 0. The van der Waals surface area contributed by atoms with Crippen molar-refractivity contribution in [1.82, 2.24) is 0 Å². The first-order valence-corrected chi connectivity index (χ1v) is 5.08. The summed E-state index contributed by atoms with van der Waals surface area (Å²) >= 11 is 0. The van der Waals surface area contributed by atoms with Crippen LogP contribution in [0, 0.1) is 0 Å². The van der Waals surface area contributed by atoms with E-state index in [9.17, 15) is 0 Å². The van der Waals surface area contributed by atoms with Gasteiger partial charge in [-0.25, -0.2) is 0 Å². The Balaban J connectivity index is 2.24. The highest BCUT2D eigenvalue weighted by Crippen LogP contribution is 2.44. The second-order valence-corrected chi connectivity index (χ2v) is 4.60. The molecule has 0 N–H and O–H groups in total. The van der Waals surface area contributed by atoms with Gasteiger partial charge in [0.1, 0.15) is 0 Å². The Kier molecular flexibility index (Phi) is 2.55. The summed E-state index contributed by atoms with van der Waals surface area (Å²) in [6.07, 6.45) is 8.17. The van der Waals surface area contributed by atoms with Gasteiger partial charge in [0.05, 0.1) is 0 Å². The maximum absolute atomic E-state index is 2.41. The number of allylic oxidation sites excluding steroid dienone is 1. The second kappa shape index (κ2) is 3.25. The maximum atomic E-state index is 2.41. The summed E-state index contributed by atoms with van der Waals surface area (Å²) in [5.41, 5.74) is 0. The van der Waals surface area contributed by atoms with Crippen molar-refractivity contribution >= 4 is 7.92 Å². The summed E-state index contributed by atoms with van der Waals surface area (Å²) in [6.45, 7) is 2.13. The quantitative estimate of drug-likeness (QED) is 0.476. The maximum Gasteiger partial charge on any atom is -0.0291 e. The standard InChI is InChI=1S/C7H13P/c1-2-5-8-6-3-4-7-8/h2,5H,3-4,6-7H2,1H3. The van der Waals surface area contributed by atoms with Gasteiger partial charge >= 0.3 is 0 Å². The number of rotatable bonds is 1. The largest absolute Gasteiger partial charge is 0.0872 e. The van der Waals surface area contributed by atoms with Crippen LogP contribution < -0.4 is 0 Å². The first-order valence-electron chi connectivity index (χ1n) is 3.30. The molecule has 0 aromatic carbocycles. The third-order valence-electron chi connectivity index (χ3n) is 1.50. The SMILES string of the molecule is CC=CP1CCCC1. The normalized spacial score (nSPS) is 23.1. The fourth-order valence-electron chi connectivity index (χ4n) is 1.10. The van der Waals surface area contributed by atoms with E-state index in [-0.39, 0.29) is 0 Å². The molecule has 1 aliphatic heterocycles. The highest BCUT2D eigenvalue weighted by molar-refractivity contribution is 7.61. The van der Waals surface area contributed by atoms with Crippen LogP contribution in [0.1, 0.15) is 19.8 Å². The van der Waals surface area contributed by atoms with E-state index in [1.165, 1.54) is 25.2 Å². The van der Waals surface area contributed by atoms with Gasteiger partial charge in [-0.15, -0.1) is 0 Å². The van der Waals surface area contributed by atoms with E-state index >= 15 is 0 Å². The smallest absolute Gasteiger partial charge is 0.0291 e. The average Bonchev–Trinajstić information content (AvgIpc) is 2.19. The van der Waals surface area contributed by atoms with Crippen molar-refractivity contribution in [3.05, 3.63) is 11.9 Å². The molecule has 0 atom stereocenters. The van der Waals surface area contributed by atoms with E-state index < -0.39 is 0 Å². The van der Waals surface area contributed by atoms with Crippen molar-refractivity contribution < 1.29 is 0 Å². The Morgan fingerprint density at radius 2 is 1.88 bits per heavy atom. The topological polar surface area (TPSA) is 0 Å². The first kappa shape index (κ1) is 6.29. The van der Waals surface area contributed by atoms with Crippen LogP contribution in [0.5, 0.6) is 0 Å². The van der Waals surface area contributed by atoms with Crippen LogP contribution in [-0.4, -0.2) is 12.3 Å². The van der Waals surface area contributed by atoms with Gasteiger partial charge < -0.3 is 0 Å². The summed E-state index contributed by atoms with van der Waals surface area (Å²) < 4.78 is 0. The van der Waals surface area contributed by atoms with E-state index in [2.05, 4.69) is 18.8 Å². The minimum atomic E-state index is 0.374. The van der Waals surface area contributed by atoms with E-state index in [1.54, 1.807) is 0 Å². The summed E-state index contributed by atoms with van der Waals surface area (Å²) in [5.74, 6) is 2.41. The Morgan fingerprint density at radius 1 is 1.25 bits per heavy atom. The van der Waals surface area contributed by atoms with Gasteiger partial charge in [-0.2, -0.15) is 0 Å². The molecule has 0 aliphatic carbocycles. The minimum Gasteiger partial charge on any atom is -0.0872 e. The molecule has 0 spiro atoms. The molecule has 46 valence electrons. The Morgan fingerprint density at radius 3 is 2.38 bits per heavy atom. The van der Waals surface area contributed by atoms with Crippen molar-refractivity contribution in [3.63, 3.8) is 0 Å². The lowest BCUT2D eigenvalue weighted by molar-refractivity contribution is 0.949. The van der Waals surface area contributed by atoms with E-state index in [1.807, 2.05) is 0 Å². The van der Waals surface area contributed by atoms with E-state index in [0.717, 1.165) is 0 Å². The Bertz CT molecular complexity index is 80.4. The van der Waals surface area contributed by atoms with Crippen LogP contribution in [0.15, 0.2) is 11.9 Å². The third-order valence-corrected chi connectivity index (χ3v) is 4.00. The lowest BCUT2D eigenvalue weighted by Crippen LogP contribution is -1.66. The van der Waals surface area contributed by atoms with Gasteiger partial charge in [0.25, 0.3) is 0 Å². The Labute approximate surface area is 52.7 Å². The molecule has 0 aromatic heterocycles. The van der Waals surface area contributed by atoms with Gasteiger partial charge in [-0.3, -0.25) is 0 Å². The zero-order chi connectivity index (χ0) is 5.82. The van der Waals surface area contributed by atoms with Gasteiger partial charge in [-0.1, -0.05) is 19.8 Å². The molecule has 1 saturated heterocycles. The fourth-order valence-corrected chi connectivity index (χ4v) is 3.30. The molecular formula is C7H13P. The van der Waals surface area contributed by atoms with Crippen LogP contribution in [0.2, 0.25) is 0 Å². The average molecular weight is 128 g/mol. The van der Waals surface area contributed by atoms with Crippen molar-refractivity contribution in [2.75, 3.05) is 12.3 Å². The molecule has 0 radical (unpaired) electrons. The zero-order valence-corrected chi connectivity index (χ0v) is 6.32. The van der Waals surface area contributed by atoms with E-state index in [0.29, 0.717) is 7.92 Å². The van der Waals surface area contributed by atoms with Gasteiger partial charge in [0.15, 0.2) is 0 Å². The molecule has 1 heteroatoms.